The number of fused-ring (bicyclic) bond motifs is 8. The Morgan fingerprint density at radius 1 is 0.286 bits per heavy atom. The standard InChI is InChI=1S/C97H98B2N4S2/c1-58(2)65-24-38-74(39-25-65)100(75-40-26-66(27-41-75)59(3)4)79-52-89-95-94(55-79)105-92-57-88-83(56-85(92)98(95)82-50-71(63(11)12)34-48-87(82)102(89)78-46-32-69(33-47-78)62(9)10)99-84-51-72(64(13)14)35-49-91(84)104-93-54-80(101(76-42-28-67(29-43-76)60(5)6)77-44-30-68(31-45-77)61(7)8)53-90(96(93)99)103(88)86-21-19-18-20-81(86)70-22-36-73(37-23-70)97(15,16)17/h18-64H,1-17H3. The first-order valence-electron chi connectivity index (χ1n) is 38.5. The van der Waals surface area contributed by atoms with E-state index in [0.717, 1.165) is 45.5 Å². The first-order valence-corrected chi connectivity index (χ1v) is 40.2. The molecule has 4 aliphatic rings. The molecule has 4 aliphatic heterocycles. The molecule has 105 heavy (non-hydrogen) atoms. The SMILES string of the molecule is CC(C)c1ccc(N(c2ccc(C(C)C)cc2)c2cc3c4c(c2)N(c2ccc(C(C)C)cc2)c2ccc(C(C)C)cc2B4c2cc4c(cc2S3)N(c2ccccc2-c2ccc(C(C)(C)C)cc2)c2cc(N(c3ccc(C(C)C)cc3)c3ccc(C(C)C)cc3)cc3c2B4c2cc(C(C)C)ccc2S3)cc1. The summed E-state index contributed by atoms with van der Waals surface area (Å²) >= 11 is 3.91. The minimum atomic E-state index is -0.0999. The van der Waals surface area contributed by atoms with Crippen LogP contribution in [0.4, 0.5) is 68.2 Å². The molecule has 16 rings (SSSR count). The van der Waals surface area contributed by atoms with Gasteiger partial charge < -0.3 is 19.6 Å². The molecular weight excluding hydrogens is 1310 g/mol. The lowest BCUT2D eigenvalue weighted by atomic mass is 9.31. The Labute approximate surface area is 635 Å². The maximum atomic E-state index is 2.72. The molecule has 0 fully saturated rings. The molecule has 0 bridgehead atoms. The molecule has 0 aromatic heterocycles. The third kappa shape index (κ3) is 12.6. The number of benzene rings is 12. The second-order valence-corrected chi connectivity index (χ2v) is 35.3. The third-order valence-corrected chi connectivity index (χ3v) is 25.1. The van der Waals surface area contributed by atoms with Crippen LogP contribution in [0.25, 0.3) is 11.1 Å². The van der Waals surface area contributed by atoms with Gasteiger partial charge in [-0.05, 0) is 228 Å². The Bertz CT molecular complexity index is 5180. The number of hydrogen-bond donors (Lipinski definition) is 0. The van der Waals surface area contributed by atoms with Crippen LogP contribution in [0.1, 0.15) is 204 Å². The Kier molecular flexibility index (Phi) is 18.4. The molecule has 8 heteroatoms. The van der Waals surface area contributed by atoms with E-state index in [1.165, 1.54) is 131 Å². The zero-order valence-corrected chi connectivity index (χ0v) is 66.0. The molecule has 12 aromatic rings. The van der Waals surface area contributed by atoms with Gasteiger partial charge in [0.25, 0.3) is 0 Å². The fraction of sp³-hybridized carbons (Fsp3) is 0.258. The zero-order chi connectivity index (χ0) is 73.2. The van der Waals surface area contributed by atoms with E-state index in [9.17, 15) is 0 Å². The van der Waals surface area contributed by atoms with Crippen LogP contribution in [-0.2, 0) is 5.41 Å². The van der Waals surface area contributed by atoms with Crippen molar-refractivity contribution in [3.05, 3.63) is 287 Å². The molecule has 0 aliphatic carbocycles. The van der Waals surface area contributed by atoms with E-state index in [1.54, 1.807) is 0 Å². The van der Waals surface area contributed by atoms with Gasteiger partial charge in [0.05, 0.1) is 5.69 Å². The van der Waals surface area contributed by atoms with Gasteiger partial charge in [0.15, 0.2) is 0 Å². The third-order valence-electron chi connectivity index (χ3n) is 22.8. The number of hydrogen-bond acceptors (Lipinski definition) is 6. The molecule has 4 heterocycles. The minimum Gasteiger partial charge on any atom is -0.311 e. The second kappa shape index (κ2) is 27.5. The molecule has 12 aromatic carbocycles. The minimum absolute atomic E-state index is 0.00223. The summed E-state index contributed by atoms with van der Waals surface area (Å²) in [6, 6.07) is 96.0. The molecule has 0 N–H and O–H groups in total. The van der Waals surface area contributed by atoms with Gasteiger partial charge in [-0.2, -0.15) is 0 Å². The lowest BCUT2D eigenvalue weighted by molar-refractivity contribution is 0.590. The van der Waals surface area contributed by atoms with E-state index in [-0.39, 0.29) is 18.8 Å². The highest BCUT2D eigenvalue weighted by Crippen LogP contribution is 2.53. The van der Waals surface area contributed by atoms with Crippen LogP contribution in [0.2, 0.25) is 0 Å². The maximum Gasteiger partial charge on any atom is 0.249 e. The van der Waals surface area contributed by atoms with Crippen LogP contribution < -0.4 is 52.4 Å². The van der Waals surface area contributed by atoms with Crippen molar-refractivity contribution in [1.82, 2.24) is 0 Å². The molecule has 0 radical (unpaired) electrons. The highest BCUT2D eigenvalue weighted by Gasteiger charge is 2.47. The molecular formula is C97H98B2N4S2. The predicted molar refractivity (Wildman–Crippen MR) is 458 cm³/mol. The van der Waals surface area contributed by atoms with Gasteiger partial charge in [0.1, 0.15) is 0 Å². The first kappa shape index (κ1) is 70.0. The number of nitrogens with zero attached hydrogens (tertiary/aromatic N) is 4. The van der Waals surface area contributed by atoms with E-state index in [2.05, 4.69) is 380 Å². The van der Waals surface area contributed by atoms with Crippen molar-refractivity contribution >= 4 is 138 Å². The highest BCUT2D eigenvalue weighted by molar-refractivity contribution is 8.00. The lowest BCUT2D eigenvalue weighted by Crippen LogP contribution is -2.64. The fourth-order valence-electron chi connectivity index (χ4n) is 16.5. The molecule has 0 spiro atoms. The van der Waals surface area contributed by atoms with E-state index < -0.39 is 0 Å². The quantitative estimate of drug-likeness (QED) is 0.0888. The molecule has 0 saturated heterocycles. The van der Waals surface area contributed by atoms with Gasteiger partial charge in [0, 0.05) is 87.7 Å². The van der Waals surface area contributed by atoms with Crippen molar-refractivity contribution in [2.45, 2.75) is 184 Å². The molecule has 0 atom stereocenters. The van der Waals surface area contributed by atoms with Gasteiger partial charge in [-0.25, -0.2) is 0 Å². The summed E-state index contributed by atoms with van der Waals surface area (Å²) < 4.78 is 0. The summed E-state index contributed by atoms with van der Waals surface area (Å²) in [6.07, 6.45) is 0. The van der Waals surface area contributed by atoms with Crippen molar-refractivity contribution in [2.24, 2.45) is 0 Å². The van der Waals surface area contributed by atoms with Crippen molar-refractivity contribution in [2.75, 3.05) is 19.6 Å². The smallest absolute Gasteiger partial charge is 0.249 e. The summed E-state index contributed by atoms with van der Waals surface area (Å²) in [4.78, 5) is 15.5. The normalized spacial score (nSPS) is 13.4. The second-order valence-electron chi connectivity index (χ2n) is 33.1. The average molecular weight is 1410 g/mol. The van der Waals surface area contributed by atoms with Crippen LogP contribution >= 0.6 is 23.5 Å². The lowest BCUT2D eigenvalue weighted by Gasteiger charge is -2.44. The topological polar surface area (TPSA) is 13.0 Å². The van der Waals surface area contributed by atoms with Gasteiger partial charge in [-0.1, -0.05) is 286 Å². The monoisotopic (exact) mass is 1400 g/mol. The van der Waals surface area contributed by atoms with Crippen LogP contribution in [0.3, 0.4) is 0 Å². The molecule has 4 nitrogen and oxygen atoms in total. The maximum absolute atomic E-state index is 2.72. The van der Waals surface area contributed by atoms with E-state index in [1.807, 2.05) is 23.5 Å². The molecule has 0 saturated carbocycles. The van der Waals surface area contributed by atoms with Crippen LogP contribution in [0.5, 0.6) is 0 Å². The van der Waals surface area contributed by atoms with Crippen molar-refractivity contribution < 1.29 is 0 Å². The Balaban J connectivity index is 0.999. The Morgan fingerprint density at radius 2 is 0.667 bits per heavy atom. The summed E-state index contributed by atoms with van der Waals surface area (Å²) in [6.45, 7) is 39.1. The van der Waals surface area contributed by atoms with Gasteiger partial charge in [0.2, 0.25) is 13.4 Å². The Morgan fingerprint density at radius 3 is 1.11 bits per heavy atom. The van der Waals surface area contributed by atoms with Crippen LogP contribution in [0, 0.1) is 0 Å². The van der Waals surface area contributed by atoms with E-state index >= 15 is 0 Å². The van der Waals surface area contributed by atoms with Gasteiger partial charge in [-0.3, -0.25) is 0 Å². The predicted octanol–water partition coefficient (Wildman–Crippen LogP) is 25.0. The van der Waals surface area contributed by atoms with Crippen molar-refractivity contribution in [1.29, 1.82) is 0 Å². The molecule has 0 amide bonds. The summed E-state index contributed by atoms with van der Waals surface area (Å²) in [5.41, 5.74) is 35.1. The van der Waals surface area contributed by atoms with E-state index in [0.29, 0.717) is 41.4 Å². The van der Waals surface area contributed by atoms with Gasteiger partial charge >= 0.3 is 0 Å². The van der Waals surface area contributed by atoms with Crippen molar-refractivity contribution in [3.8, 4) is 11.1 Å². The highest BCUT2D eigenvalue weighted by atomic mass is 32.2. The van der Waals surface area contributed by atoms with Crippen molar-refractivity contribution in [3.63, 3.8) is 0 Å². The summed E-state index contributed by atoms with van der Waals surface area (Å²) in [7, 11) is 0. The first-order chi connectivity index (χ1) is 50.5. The van der Waals surface area contributed by atoms with Crippen LogP contribution in [-0.4, -0.2) is 13.4 Å². The Hall–Kier alpha value is -9.33. The van der Waals surface area contributed by atoms with E-state index in [4.69, 9.17) is 0 Å². The largest absolute Gasteiger partial charge is 0.311 e. The molecule has 0 unspecified atom stereocenters. The summed E-state index contributed by atoms with van der Waals surface area (Å²) in [5.74, 6) is 2.65. The average Bonchev–Trinajstić information content (AvgIpc) is 0.692. The molecule has 524 valence electrons. The fourth-order valence-corrected chi connectivity index (χ4v) is 18.9. The number of para-hydroxylation sites is 1. The van der Waals surface area contributed by atoms with Crippen LogP contribution in [0.15, 0.2) is 262 Å². The zero-order valence-electron chi connectivity index (χ0n) is 64.4. The number of anilines is 12. The number of rotatable bonds is 16. The summed E-state index contributed by atoms with van der Waals surface area (Å²) in [5, 5.41) is 0. The van der Waals surface area contributed by atoms with Gasteiger partial charge in [-0.15, -0.1) is 0 Å².